The molecule has 1 saturated heterocycles. The van der Waals surface area contributed by atoms with E-state index in [0.29, 0.717) is 19.4 Å². The molecule has 1 fully saturated rings. The van der Waals surface area contributed by atoms with Crippen molar-refractivity contribution in [2.24, 2.45) is 0 Å². The molecule has 2 aromatic rings. The molecule has 0 aliphatic carbocycles. The Kier molecular flexibility index (Phi) is 6.16. The highest BCUT2D eigenvalue weighted by molar-refractivity contribution is 5.76. The SMILES string of the molecule is O=C(CC1Cc2ccccc2C2(CCN(c3ccccc3)CC2)O1)NCCCO. The number of rotatable bonds is 6. The van der Waals surface area contributed by atoms with Crippen LogP contribution in [0, 0.1) is 0 Å². The number of nitrogens with zero attached hydrogens (tertiary/aromatic N) is 1. The van der Waals surface area contributed by atoms with Crippen molar-refractivity contribution in [2.45, 2.75) is 43.8 Å². The fourth-order valence-corrected chi connectivity index (χ4v) is 4.66. The first-order valence-corrected chi connectivity index (χ1v) is 10.6. The van der Waals surface area contributed by atoms with Crippen molar-refractivity contribution in [3.05, 3.63) is 65.7 Å². The average molecular weight is 395 g/mol. The summed E-state index contributed by atoms with van der Waals surface area (Å²) in [6.07, 6.45) is 3.45. The van der Waals surface area contributed by atoms with E-state index in [4.69, 9.17) is 9.84 Å². The van der Waals surface area contributed by atoms with Gasteiger partial charge in [0.05, 0.1) is 18.1 Å². The van der Waals surface area contributed by atoms with Crippen LogP contribution in [0.2, 0.25) is 0 Å². The zero-order chi connectivity index (χ0) is 20.1. The number of carbonyl (C=O) groups is 1. The Bertz CT molecular complexity index is 816. The zero-order valence-corrected chi connectivity index (χ0v) is 16.8. The normalized spacial score (nSPS) is 20.3. The Morgan fingerprint density at radius 3 is 2.59 bits per heavy atom. The van der Waals surface area contributed by atoms with Crippen molar-refractivity contribution in [3.8, 4) is 0 Å². The van der Waals surface area contributed by atoms with E-state index in [-0.39, 0.29) is 24.2 Å². The molecule has 2 heterocycles. The van der Waals surface area contributed by atoms with Crippen LogP contribution < -0.4 is 10.2 Å². The van der Waals surface area contributed by atoms with E-state index in [1.54, 1.807) is 0 Å². The summed E-state index contributed by atoms with van der Waals surface area (Å²) < 4.78 is 6.67. The molecule has 2 aliphatic heterocycles. The molecule has 1 unspecified atom stereocenters. The second-order valence-electron chi connectivity index (χ2n) is 8.05. The Hall–Kier alpha value is -2.37. The molecule has 5 heteroatoms. The Morgan fingerprint density at radius 1 is 1.10 bits per heavy atom. The number of hydrogen-bond acceptors (Lipinski definition) is 4. The molecular formula is C24H30N2O3. The third-order valence-electron chi connectivity index (χ3n) is 6.11. The van der Waals surface area contributed by atoms with Crippen molar-refractivity contribution in [3.63, 3.8) is 0 Å². The van der Waals surface area contributed by atoms with E-state index in [9.17, 15) is 4.79 Å². The molecule has 0 saturated carbocycles. The molecule has 2 N–H and O–H groups in total. The van der Waals surface area contributed by atoms with Crippen molar-refractivity contribution >= 4 is 11.6 Å². The van der Waals surface area contributed by atoms with Crippen LogP contribution in [-0.4, -0.2) is 43.4 Å². The van der Waals surface area contributed by atoms with Gasteiger partial charge in [-0.25, -0.2) is 0 Å². The van der Waals surface area contributed by atoms with E-state index in [1.807, 2.05) is 6.07 Å². The van der Waals surface area contributed by atoms with Gasteiger partial charge in [-0.1, -0.05) is 42.5 Å². The van der Waals surface area contributed by atoms with Gasteiger partial charge in [-0.15, -0.1) is 0 Å². The summed E-state index contributed by atoms with van der Waals surface area (Å²) in [6.45, 7) is 2.48. The standard InChI is InChI=1S/C24H30N2O3/c27-16-6-13-25-23(28)18-21-17-19-7-4-5-10-22(19)24(29-21)11-14-26(15-12-24)20-8-2-1-3-9-20/h1-5,7-10,21,27H,6,11-18H2,(H,25,28). The minimum absolute atomic E-state index is 0.000275. The van der Waals surface area contributed by atoms with Crippen LogP contribution in [0.15, 0.2) is 54.6 Å². The zero-order valence-electron chi connectivity index (χ0n) is 16.8. The van der Waals surface area contributed by atoms with Gasteiger partial charge in [0.1, 0.15) is 0 Å². The number of hydrogen-bond donors (Lipinski definition) is 2. The van der Waals surface area contributed by atoms with Gasteiger partial charge in [0, 0.05) is 31.9 Å². The van der Waals surface area contributed by atoms with E-state index in [2.05, 4.69) is 58.7 Å². The molecule has 2 aromatic carbocycles. The first-order valence-electron chi connectivity index (χ1n) is 10.6. The van der Waals surface area contributed by atoms with Gasteiger partial charge in [-0.3, -0.25) is 4.79 Å². The number of carbonyl (C=O) groups excluding carboxylic acids is 1. The minimum atomic E-state index is -0.309. The number of aliphatic hydroxyl groups excluding tert-OH is 1. The van der Waals surface area contributed by atoms with E-state index in [0.717, 1.165) is 32.4 Å². The number of fused-ring (bicyclic) bond motifs is 2. The smallest absolute Gasteiger partial charge is 0.222 e. The number of para-hydroxylation sites is 1. The molecule has 0 bridgehead atoms. The Morgan fingerprint density at radius 2 is 1.83 bits per heavy atom. The van der Waals surface area contributed by atoms with Crippen LogP contribution in [0.4, 0.5) is 5.69 Å². The summed E-state index contributed by atoms with van der Waals surface area (Å²) in [5.74, 6) is -0.000275. The lowest BCUT2D eigenvalue weighted by Gasteiger charge is -2.48. The highest BCUT2D eigenvalue weighted by atomic mass is 16.5. The number of anilines is 1. The largest absolute Gasteiger partial charge is 0.396 e. The first-order chi connectivity index (χ1) is 14.2. The number of amides is 1. The van der Waals surface area contributed by atoms with Gasteiger partial charge >= 0.3 is 0 Å². The van der Waals surface area contributed by atoms with E-state index in [1.165, 1.54) is 16.8 Å². The summed E-state index contributed by atoms with van der Waals surface area (Å²) in [5, 5.41) is 11.8. The molecule has 154 valence electrons. The number of ether oxygens (including phenoxy) is 1. The average Bonchev–Trinajstić information content (AvgIpc) is 2.75. The fraction of sp³-hybridized carbons (Fsp3) is 0.458. The van der Waals surface area contributed by atoms with Gasteiger partial charge in [0.25, 0.3) is 0 Å². The molecule has 4 rings (SSSR count). The van der Waals surface area contributed by atoms with Crippen molar-refractivity contribution in [1.82, 2.24) is 5.32 Å². The van der Waals surface area contributed by atoms with Gasteiger partial charge in [0.15, 0.2) is 0 Å². The predicted octanol–water partition coefficient (Wildman–Crippen LogP) is 3.01. The topological polar surface area (TPSA) is 61.8 Å². The van der Waals surface area contributed by atoms with Crippen LogP contribution in [0.1, 0.15) is 36.8 Å². The van der Waals surface area contributed by atoms with Crippen LogP contribution in [0.25, 0.3) is 0 Å². The maximum Gasteiger partial charge on any atom is 0.222 e. The highest BCUT2D eigenvalue weighted by Crippen LogP contribution is 2.44. The predicted molar refractivity (Wildman–Crippen MR) is 114 cm³/mol. The molecule has 29 heavy (non-hydrogen) atoms. The molecule has 0 radical (unpaired) electrons. The third-order valence-corrected chi connectivity index (χ3v) is 6.11. The number of piperidine rings is 1. The van der Waals surface area contributed by atoms with Crippen LogP contribution in [0.3, 0.4) is 0 Å². The van der Waals surface area contributed by atoms with Gasteiger partial charge in [0.2, 0.25) is 5.91 Å². The van der Waals surface area contributed by atoms with Crippen molar-refractivity contribution in [2.75, 3.05) is 31.1 Å². The lowest BCUT2D eigenvalue weighted by molar-refractivity contribution is -0.141. The maximum atomic E-state index is 12.3. The summed E-state index contributed by atoms with van der Waals surface area (Å²) in [7, 11) is 0. The highest BCUT2D eigenvalue weighted by Gasteiger charge is 2.43. The second kappa shape index (κ2) is 8.97. The molecule has 1 atom stereocenters. The summed E-state index contributed by atoms with van der Waals surface area (Å²) in [5.41, 5.74) is 3.55. The third kappa shape index (κ3) is 4.46. The number of benzene rings is 2. The fourth-order valence-electron chi connectivity index (χ4n) is 4.66. The van der Waals surface area contributed by atoms with Crippen LogP contribution in [0.5, 0.6) is 0 Å². The maximum absolute atomic E-state index is 12.3. The molecule has 5 nitrogen and oxygen atoms in total. The van der Waals surface area contributed by atoms with Crippen molar-refractivity contribution < 1.29 is 14.6 Å². The van der Waals surface area contributed by atoms with Gasteiger partial charge < -0.3 is 20.1 Å². The first kappa shape index (κ1) is 19.9. The van der Waals surface area contributed by atoms with Crippen molar-refractivity contribution in [1.29, 1.82) is 0 Å². The van der Waals surface area contributed by atoms with E-state index < -0.39 is 0 Å². The number of aliphatic hydroxyl groups is 1. The Balaban J connectivity index is 1.48. The quantitative estimate of drug-likeness (QED) is 0.740. The van der Waals surface area contributed by atoms with Crippen LogP contribution >= 0.6 is 0 Å². The van der Waals surface area contributed by atoms with Gasteiger partial charge in [-0.05, 0) is 48.9 Å². The second-order valence-corrected chi connectivity index (χ2v) is 8.05. The number of nitrogens with one attached hydrogen (secondary N) is 1. The minimum Gasteiger partial charge on any atom is -0.396 e. The van der Waals surface area contributed by atoms with E-state index >= 15 is 0 Å². The molecule has 1 amide bonds. The summed E-state index contributed by atoms with van der Waals surface area (Å²) >= 11 is 0. The molecule has 1 spiro atoms. The molecule has 0 aromatic heterocycles. The summed E-state index contributed by atoms with van der Waals surface area (Å²) in [4.78, 5) is 14.7. The molecular weight excluding hydrogens is 364 g/mol. The lowest BCUT2D eigenvalue weighted by atomic mass is 9.77. The van der Waals surface area contributed by atoms with Gasteiger partial charge in [-0.2, -0.15) is 0 Å². The monoisotopic (exact) mass is 394 g/mol. The Labute approximate surface area is 172 Å². The molecule has 2 aliphatic rings. The van der Waals surface area contributed by atoms with Crippen LogP contribution in [-0.2, 0) is 21.6 Å². The lowest BCUT2D eigenvalue weighted by Crippen LogP contribution is -2.49. The summed E-state index contributed by atoms with van der Waals surface area (Å²) in [6, 6.07) is 19.1.